The Morgan fingerprint density at radius 3 is 2.67 bits per heavy atom. The fourth-order valence-electron chi connectivity index (χ4n) is 4.43. The molecule has 4 aromatic rings. The third-order valence-electron chi connectivity index (χ3n) is 6.32. The second-order valence-corrected chi connectivity index (χ2v) is 10.6. The summed E-state index contributed by atoms with van der Waals surface area (Å²) in [5.41, 5.74) is 4.29. The minimum atomic E-state index is -3.76. The van der Waals surface area contributed by atoms with Crippen molar-refractivity contribution in [2.75, 3.05) is 18.4 Å². The Kier molecular flexibility index (Phi) is 6.38. The first-order valence-electron chi connectivity index (χ1n) is 11.5. The van der Waals surface area contributed by atoms with Crippen LogP contribution in [0.1, 0.15) is 16.7 Å². The Bertz CT molecular complexity index is 1530. The van der Waals surface area contributed by atoms with E-state index in [1.807, 2.05) is 12.3 Å². The molecule has 1 aromatic heterocycles. The maximum absolute atomic E-state index is 13.2. The molecule has 0 saturated heterocycles. The summed E-state index contributed by atoms with van der Waals surface area (Å²) in [7, 11) is -3.76. The number of hydrogen-bond acceptors (Lipinski definition) is 4. The fourth-order valence-corrected chi connectivity index (χ4v) is 5.85. The van der Waals surface area contributed by atoms with Crippen LogP contribution in [0.25, 0.3) is 10.9 Å². The van der Waals surface area contributed by atoms with Gasteiger partial charge in [0.05, 0.1) is 4.90 Å². The number of H-pyrrole nitrogens is 1. The summed E-state index contributed by atoms with van der Waals surface area (Å²) in [6, 6.07) is 15.0. The Hall–Kier alpha value is -3.89. The van der Waals surface area contributed by atoms with Crippen LogP contribution in [0, 0.1) is 5.82 Å². The van der Waals surface area contributed by atoms with E-state index >= 15 is 0 Å². The van der Waals surface area contributed by atoms with Crippen molar-refractivity contribution in [1.82, 2.24) is 14.6 Å². The quantitative estimate of drug-likeness (QED) is 0.314. The molecule has 0 atom stereocenters. The molecule has 8 nitrogen and oxygen atoms in total. The highest BCUT2D eigenvalue weighted by molar-refractivity contribution is 7.89. The number of amides is 2. The minimum absolute atomic E-state index is 0.0476. The lowest BCUT2D eigenvalue weighted by atomic mass is 10.0. The van der Waals surface area contributed by atoms with Crippen LogP contribution in [-0.4, -0.2) is 41.9 Å². The molecule has 0 saturated carbocycles. The van der Waals surface area contributed by atoms with Crippen molar-refractivity contribution in [2.24, 2.45) is 0 Å². The van der Waals surface area contributed by atoms with E-state index in [0.717, 1.165) is 39.7 Å². The number of benzene rings is 3. The molecule has 36 heavy (non-hydrogen) atoms. The number of phenolic OH excluding ortho intramolecular Hbond substituents is 1. The van der Waals surface area contributed by atoms with Crippen LogP contribution in [-0.2, 0) is 29.4 Å². The van der Waals surface area contributed by atoms with Crippen molar-refractivity contribution in [3.8, 4) is 5.75 Å². The van der Waals surface area contributed by atoms with Gasteiger partial charge in [-0.3, -0.25) is 0 Å². The highest BCUT2D eigenvalue weighted by Gasteiger charge is 2.28. The minimum Gasteiger partial charge on any atom is -0.508 e. The van der Waals surface area contributed by atoms with Crippen LogP contribution < -0.4 is 10.6 Å². The molecule has 0 bridgehead atoms. The van der Waals surface area contributed by atoms with Gasteiger partial charge < -0.3 is 20.7 Å². The van der Waals surface area contributed by atoms with Crippen LogP contribution in [0.2, 0.25) is 0 Å². The second-order valence-electron chi connectivity index (χ2n) is 8.70. The highest BCUT2D eigenvalue weighted by Crippen LogP contribution is 2.27. The monoisotopic (exact) mass is 508 g/mol. The average Bonchev–Trinajstić information content (AvgIpc) is 3.25. The smallest absolute Gasteiger partial charge is 0.319 e. The summed E-state index contributed by atoms with van der Waals surface area (Å²) in [5, 5.41) is 16.3. The Labute approximate surface area is 207 Å². The third kappa shape index (κ3) is 4.91. The number of rotatable bonds is 6. The molecule has 1 aliphatic rings. The first kappa shape index (κ1) is 23.8. The first-order valence-corrected chi connectivity index (χ1v) is 12.9. The van der Waals surface area contributed by atoms with E-state index in [9.17, 15) is 22.7 Å². The highest BCUT2D eigenvalue weighted by atomic mass is 32.2. The van der Waals surface area contributed by atoms with Crippen molar-refractivity contribution >= 4 is 32.6 Å². The third-order valence-corrected chi connectivity index (χ3v) is 8.18. The number of hydrogen-bond donors (Lipinski definition) is 4. The molecule has 0 unspecified atom stereocenters. The maximum atomic E-state index is 13.2. The summed E-state index contributed by atoms with van der Waals surface area (Å²) in [6.07, 6.45) is 2.98. The van der Waals surface area contributed by atoms with Crippen LogP contribution in [0.4, 0.5) is 14.9 Å². The lowest BCUT2D eigenvalue weighted by Gasteiger charge is -2.28. The predicted molar refractivity (Wildman–Crippen MR) is 135 cm³/mol. The maximum Gasteiger partial charge on any atom is 0.319 e. The number of sulfonamides is 1. The number of urea groups is 1. The van der Waals surface area contributed by atoms with E-state index in [1.165, 1.54) is 16.4 Å². The van der Waals surface area contributed by atoms with E-state index in [-0.39, 0.29) is 23.2 Å². The van der Waals surface area contributed by atoms with Gasteiger partial charge in [-0.15, -0.1) is 0 Å². The van der Waals surface area contributed by atoms with E-state index in [2.05, 4.69) is 15.6 Å². The van der Waals surface area contributed by atoms with Crippen LogP contribution in [0.15, 0.2) is 71.8 Å². The van der Waals surface area contributed by atoms with Crippen molar-refractivity contribution in [3.05, 3.63) is 89.4 Å². The molecule has 5 rings (SSSR count). The average molecular weight is 509 g/mol. The number of halogens is 1. The fraction of sp³-hybridized carbons (Fsp3) is 0.192. The summed E-state index contributed by atoms with van der Waals surface area (Å²) in [6.45, 7) is 0.883. The number of carbonyl (C=O) groups is 1. The van der Waals surface area contributed by atoms with E-state index < -0.39 is 15.8 Å². The van der Waals surface area contributed by atoms with Crippen molar-refractivity contribution in [3.63, 3.8) is 0 Å². The molecule has 186 valence electrons. The topological polar surface area (TPSA) is 115 Å². The first-order chi connectivity index (χ1) is 17.3. The zero-order valence-corrected chi connectivity index (χ0v) is 20.1. The molecule has 4 N–H and O–H groups in total. The SMILES string of the molecule is O=C(NCCc1c[nH]c2ccc(O)cc12)Nc1ccc2c(c1)CN(S(=O)(=O)c1ccc(F)cc1)CC2. The molecule has 10 heteroatoms. The zero-order valence-electron chi connectivity index (χ0n) is 19.3. The van der Waals surface area contributed by atoms with Gasteiger partial charge in [-0.05, 0) is 84.1 Å². The molecule has 2 amide bonds. The number of fused-ring (bicyclic) bond motifs is 2. The largest absolute Gasteiger partial charge is 0.508 e. The molecule has 3 aromatic carbocycles. The number of anilines is 1. The van der Waals surface area contributed by atoms with Gasteiger partial charge in [-0.1, -0.05) is 6.07 Å². The van der Waals surface area contributed by atoms with Gasteiger partial charge in [0.15, 0.2) is 0 Å². The van der Waals surface area contributed by atoms with E-state index in [0.29, 0.717) is 31.6 Å². The number of carbonyl (C=O) groups excluding carboxylic acids is 1. The lowest BCUT2D eigenvalue weighted by Crippen LogP contribution is -2.36. The number of phenols is 1. The van der Waals surface area contributed by atoms with E-state index in [4.69, 9.17) is 0 Å². The summed E-state index contributed by atoms with van der Waals surface area (Å²) in [5.74, 6) is -0.307. The van der Waals surface area contributed by atoms with Crippen LogP contribution in [0.5, 0.6) is 5.75 Å². The molecule has 0 radical (unpaired) electrons. The number of aromatic hydroxyl groups is 1. The standard InChI is InChI=1S/C26H25FN4O4S/c27-20-2-6-23(7-3-20)36(34,35)31-12-10-17-1-4-21(13-19(17)16-31)30-26(33)28-11-9-18-15-29-25-8-5-22(32)14-24(18)25/h1-8,13-15,29,32H,9-12,16H2,(H2,28,30,33). The lowest BCUT2D eigenvalue weighted by molar-refractivity contribution is 0.252. The van der Waals surface area contributed by atoms with Crippen molar-refractivity contribution in [1.29, 1.82) is 0 Å². The molecule has 0 fully saturated rings. The van der Waals surface area contributed by atoms with Gasteiger partial charge in [0.1, 0.15) is 11.6 Å². The Morgan fingerprint density at radius 2 is 1.86 bits per heavy atom. The molecule has 0 spiro atoms. The molecular weight excluding hydrogens is 483 g/mol. The molecule has 2 heterocycles. The summed E-state index contributed by atoms with van der Waals surface area (Å²) >= 11 is 0. The van der Waals surface area contributed by atoms with E-state index in [1.54, 1.807) is 30.3 Å². The van der Waals surface area contributed by atoms with Gasteiger partial charge in [0.2, 0.25) is 10.0 Å². The van der Waals surface area contributed by atoms with Gasteiger partial charge in [0.25, 0.3) is 0 Å². The number of nitrogens with one attached hydrogen (secondary N) is 3. The number of aromatic amines is 1. The van der Waals surface area contributed by atoms with Crippen LogP contribution >= 0.6 is 0 Å². The zero-order chi connectivity index (χ0) is 25.3. The van der Waals surface area contributed by atoms with Gasteiger partial charge >= 0.3 is 6.03 Å². The van der Waals surface area contributed by atoms with Gasteiger partial charge in [-0.2, -0.15) is 4.31 Å². The second kappa shape index (κ2) is 9.63. The van der Waals surface area contributed by atoms with Crippen molar-refractivity contribution < 1.29 is 22.7 Å². The molecular formula is C26H25FN4O4S. The molecule has 0 aliphatic carbocycles. The van der Waals surface area contributed by atoms with Gasteiger partial charge in [-0.25, -0.2) is 17.6 Å². The van der Waals surface area contributed by atoms with Crippen LogP contribution in [0.3, 0.4) is 0 Å². The number of nitrogens with zero attached hydrogens (tertiary/aromatic N) is 1. The Morgan fingerprint density at radius 1 is 1.06 bits per heavy atom. The predicted octanol–water partition coefficient (Wildman–Crippen LogP) is 4.12. The number of aromatic nitrogens is 1. The summed E-state index contributed by atoms with van der Waals surface area (Å²) in [4.78, 5) is 15.6. The van der Waals surface area contributed by atoms with Gasteiger partial charge in [0, 0.05) is 42.4 Å². The molecule has 1 aliphatic heterocycles. The van der Waals surface area contributed by atoms with Crippen molar-refractivity contribution in [2.45, 2.75) is 24.3 Å². The Balaban J connectivity index is 1.21. The normalized spacial score (nSPS) is 13.9. The summed E-state index contributed by atoms with van der Waals surface area (Å²) < 4.78 is 40.6.